The van der Waals surface area contributed by atoms with Gasteiger partial charge in [0, 0.05) is 18.0 Å². The van der Waals surface area contributed by atoms with Gasteiger partial charge in [-0.3, -0.25) is 9.69 Å². The summed E-state index contributed by atoms with van der Waals surface area (Å²) in [6.45, 7) is 5.09. The molecule has 18 heavy (non-hydrogen) atoms. The first-order valence-electron chi connectivity index (χ1n) is 5.88. The van der Waals surface area contributed by atoms with Gasteiger partial charge in [-0.1, -0.05) is 6.92 Å². The predicted molar refractivity (Wildman–Crippen MR) is 76.1 cm³/mol. The molecule has 0 amide bonds. The van der Waals surface area contributed by atoms with Gasteiger partial charge >= 0.3 is 0 Å². The monoisotopic (exact) mass is 282 g/mol. The molecule has 0 spiro atoms. The van der Waals surface area contributed by atoms with E-state index in [1.54, 1.807) is 11.3 Å². The van der Waals surface area contributed by atoms with Gasteiger partial charge in [0.05, 0.1) is 5.39 Å². The SMILES string of the molecule is CCN1CCc2c(sc3[nH]c(=S)n(N)c(=O)c23)C1. The Hall–Kier alpha value is -1.18. The Morgan fingerprint density at radius 1 is 1.56 bits per heavy atom. The lowest BCUT2D eigenvalue weighted by molar-refractivity contribution is 0.272. The van der Waals surface area contributed by atoms with E-state index in [0.29, 0.717) is 0 Å². The van der Waals surface area contributed by atoms with Crippen molar-refractivity contribution < 1.29 is 0 Å². The highest BCUT2D eigenvalue weighted by atomic mass is 32.1. The zero-order chi connectivity index (χ0) is 12.9. The molecule has 3 heterocycles. The second-order valence-corrected chi connectivity index (χ2v) is 5.92. The van der Waals surface area contributed by atoms with Crippen molar-refractivity contribution in [2.24, 2.45) is 0 Å². The molecule has 2 aromatic heterocycles. The van der Waals surface area contributed by atoms with Gasteiger partial charge in [-0.15, -0.1) is 11.3 Å². The van der Waals surface area contributed by atoms with Gasteiger partial charge in [0.2, 0.25) is 0 Å². The molecule has 2 aromatic rings. The van der Waals surface area contributed by atoms with Crippen molar-refractivity contribution in [3.05, 3.63) is 25.6 Å². The molecule has 0 saturated heterocycles. The van der Waals surface area contributed by atoms with Crippen molar-refractivity contribution in [2.75, 3.05) is 18.9 Å². The van der Waals surface area contributed by atoms with Crippen molar-refractivity contribution >= 4 is 33.8 Å². The number of hydrogen-bond donors (Lipinski definition) is 2. The molecule has 0 aromatic carbocycles. The average molecular weight is 282 g/mol. The quantitative estimate of drug-likeness (QED) is 0.609. The van der Waals surface area contributed by atoms with Crippen LogP contribution in [0.15, 0.2) is 4.79 Å². The van der Waals surface area contributed by atoms with Gasteiger partial charge in [-0.2, -0.15) is 4.68 Å². The Balaban J connectivity index is 2.29. The van der Waals surface area contributed by atoms with Crippen molar-refractivity contribution in [1.82, 2.24) is 14.6 Å². The second-order valence-electron chi connectivity index (χ2n) is 4.43. The Bertz CT molecular complexity index is 727. The molecular formula is C11H14N4OS2. The van der Waals surface area contributed by atoms with Gasteiger partial charge < -0.3 is 10.8 Å². The summed E-state index contributed by atoms with van der Waals surface area (Å²) < 4.78 is 1.30. The molecule has 0 radical (unpaired) electrons. The lowest BCUT2D eigenvalue weighted by atomic mass is 10.1. The normalized spacial score (nSPS) is 16.1. The number of aromatic nitrogens is 2. The van der Waals surface area contributed by atoms with Crippen LogP contribution in [0.1, 0.15) is 17.4 Å². The third-order valence-corrected chi connectivity index (χ3v) is 4.89. The lowest BCUT2D eigenvalue weighted by Crippen LogP contribution is -2.31. The standard InChI is InChI=1S/C11H14N4OS2/c1-2-14-4-3-6-7(5-14)18-9-8(6)10(16)15(12)11(17)13-9/h2-5,12H2,1H3,(H,13,17). The highest BCUT2D eigenvalue weighted by molar-refractivity contribution is 7.71. The second kappa shape index (κ2) is 4.18. The summed E-state index contributed by atoms with van der Waals surface area (Å²) in [5.74, 6) is 5.66. The van der Waals surface area contributed by atoms with Crippen LogP contribution >= 0.6 is 23.6 Å². The molecule has 5 nitrogen and oxygen atoms in total. The van der Waals surface area contributed by atoms with Crippen LogP contribution < -0.4 is 11.4 Å². The lowest BCUT2D eigenvalue weighted by Gasteiger charge is -2.24. The molecule has 3 N–H and O–H groups in total. The largest absolute Gasteiger partial charge is 0.334 e. The highest BCUT2D eigenvalue weighted by Gasteiger charge is 2.22. The Labute approximate surface area is 113 Å². The number of aromatic amines is 1. The number of rotatable bonds is 1. The third kappa shape index (κ3) is 1.62. The number of likely N-dealkylation sites (N-methyl/N-ethyl adjacent to an activating group) is 1. The number of nitrogens with two attached hydrogens (primary N) is 1. The molecule has 0 fully saturated rings. The molecule has 0 bridgehead atoms. The smallest absolute Gasteiger partial charge is 0.281 e. The van der Waals surface area contributed by atoms with E-state index in [1.807, 2.05) is 0 Å². The number of thiophene rings is 1. The summed E-state index contributed by atoms with van der Waals surface area (Å²) >= 11 is 6.66. The molecule has 0 atom stereocenters. The van der Waals surface area contributed by atoms with Crippen LogP contribution in [0.2, 0.25) is 0 Å². The van der Waals surface area contributed by atoms with Crippen LogP contribution in [0.4, 0.5) is 0 Å². The summed E-state index contributed by atoms with van der Waals surface area (Å²) in [5, 5.41) is 0.724. The Kier molecular flexibility index (Phi) is 2.76. The molecule has 0 saturated carbocycles. The Morgan fingerprint density at radius 3 is 3.06 bits per heavy atom. The first kappa shape index (κ1) is 11.9. The van der Waals surface area contributed by atoms with E-state index >= 15 is 0 Å². The third-order valence-electron chi connectivity index (χ3n) is 3.46. The number of nitrogens with zero attached hydrogens (tertiary/aromatic N) is 2. The topological polar surface area (TPSA) is 67.1 Å². The predicted octanol–water partition coefficient (Wildman–Crippen LogP) is 1.21. The molecule has 96 valence electrons. The fourth-order valence-corrected chi connectivity index (χ4v) is 3.94. The minimum absolute atomic E-state index is 0.184. The molecule has 3 rings (SSSR count). The molecule has 1 aliphatic heterocycles. The maximum absolute atomic E-state index is 12.2. The number of hydrogen-bond acceptors (Lipinski definition) is 5. The van der Waals surface area contributed by atoms with E-state index in [0.717, 1.165) is 46.5 Å². The van der Waals surface area contributed by atoms with E-state index < -0.39 is 0 Å². The summed E-state index contributed by atoms with van der Waals surface area (Å²) in [7, 11) is 0. The summed E-state index contributed by atoms with van der Waals surface area (Å²) in [4.78, 5) is 19.7. The highest BCUT2D eigenvalue weighted by Crippen LogP contribution is 2.31. The molecular weight excluding hydrogens is 268 g/mol. The van der Waals surface area contributed by atoms with Gasteiger partial charge in [-0.25, -0.2) is 0 Å². The van der Waals surface area contributed by atoms with Crippen molar-refractivity contribution in [1.29, 1.82) is 0 Å². The van der Waals surface area contributed by atoms with Crippen LogP contribution in [0, 0.1) is 4.77 Å². The van der Waals surface area contributed by atoms with Crippen molar-refractivity contribution in [3.63, 3.8) is 0 Å². The number of fused-ring (bicyclic) bond motifs is 3. The maximum Gasteiger partial charge on any atom is 0.281 e. The fourth-order valence-electron chi connectivity index (χ4n) is 2.41. The number of nitrogen functional groups attached to an aromatic ring is 1. The Morgan fingerprint density at radius 2 is 2.33 bits per heavy atom. The molecule has 7 heteroatoms. The van der Waals surface area contributed by atoms with Crippen LogP contribution in [-0.2, 0) is 13.0 Å². The summed E-state index contributed by atoms with van der Waals surface area (Å²) in [6.07, 6.45) is 0.906. The minimum Gasteiger partial charge on any atom is -0.334 e. The van der Waals surface area contributed by atoms with Gasteiger partial charge in [0.15, 0.2) is 4.77 Å². The first-order valence-corrected chi connectivity index (χ1v) is 7.11. The molecule has 0 unspecified atom stereocenters. The first-order chi connectivity index (χ1) is 8.61. The number of H-pyrrole nitrogens is 1. The molecule has 1 aliphatic rings. The van der Waals surface area contributed by atoms with Crippen molar-refractivity contribution in [2.45, 2.75) is 19.9 Å². The van der Waals surface area contributed by atoms with Gasteiger partial charge in [0.25, 0.3) is 5.56 Å². The van der Waals surface area contributed by atoms with Crippen LogP contribution in [0.25, 0.3) is 10.2 Å². The summed E-state index contributed by atoms with van der Waals surface area (Å²) in [6, 6.07) is 0. The van der Waals surface area contributed by atoms with Gasteiger partial charge in [-0.05, 0) is 30.7 Å². The summed E-state index contributed by atoms with van der Waals surface area (Å²) in [5.41, 5.74) is 0.964. The van der Waals surface area contributed by atoms with Crippen LogP contribution in [0.5, 0.6) is 0 Å². The number of nitrogens with one attached hydrogen (secondary N) is 1. The fraction of sp³-hybridized carbons (Fsp3) is 0.455. The van der Waals surface area contributed by atoms with Gasteiger partial charge in [0.1, 0.15) is 4.83 Å². The minimum atomic E-state index is -0.184. The van der Waals surface area contributed by atoms with E-state index in [4.69, 9.17) is 18.1 Å². The van der Waals surface area contributed by atoms with E-state index in [9.17, 15) is 4.79 Å². The van der Waals surface area contributed by atoms with E-state index in [1.165, 1.54) is 4.88 Å². The zero-order valence-corrected chi connectivity index (χ0v) is 11.7. The van der Waals surface area contributed by atoms with E-state index in [-0.39, 0.29) is 10.3 Å². The van der Waals surface area contributed by atoms with E-state index in [2.05, 4.69) is 16.8 Å². The molecule has 0 aliphatic carbocycles. The van der Waals surface area contributed by atoms with Crippen LogP contribution in [-0.4, -0.2) is 27.6 Å². The zero-order valence-electron chi connectivity index (χ0n) is 10.0. The van der Waals surface area contributed by atoms with Crippen molar-refractivity contribution in [3.8, 4) is 0 Å². The maximum atomic E-state index is 12.2. The average Bonchev–Trinajstić information content (AvgIpc) is 2.72. The van der Waals surface area contributed by atoms with Crippen LogP contribution in [0.3, 0.4) is 0 Å².